The average Bonchev–Trinajstić information content (AvgIpc) is 2.71. The minimum atomic E-state index is -0.447. The number of aromatic nitrogens is 2. The molecule has 0 fully saturated rings. The highest BCUT2D eigenvalue weighted by molar-refractivity contribution is 5.97. The van der Waals surface area contributed by atoms with Crippen LogP contribution < -0.4 is 11.1 Å². The molecule has 106 valence electrons. The van der Waals surface area contributed by atoms with Gasteiger partial charge in [-0.1, -0.05) is 0 Å². The van der Waals surface area contributed by atoms with Crippen LogP contribution >= 0.6 is 0 Å². The van der Waals surface area contributed by atoms with E-state index < -0.39 is 5.97 Å². The third kappa shape index (κ3) is 2.59. The van der Waals surface area contributed by atoms with Crippen LogP contribution in [0.4, 0.5) is 17.1 Å². The van der Waals surface area contributed by atoms with Gasteiger partial charge in [-0.2, -0.15) is 5.10 Å². The molecule has 0 radical (unpaired) electrons. The van der Waals surface area contributed by atoms with Crippen molar-refractivity contribution in [3.63, 3.8) is 0 Å². The van der Waals surface area contributed by atoms with Crippen LogP contribution in [0, 0.1) is 13.8 Å². The predicted molar refractivity (Wildman–Crippen MR) is 78.2 cm³/mol. The zero-order valence-electron chi connectivity index (χ0n) is 12.0. The molecule has 6 nitrogen and oxygen atoms in total. The van der Waals surface area contributed by atoms with Crippen molar-refractivity contribution in [1.82, 2.24) is 9.78 Å². The van der Waals surface area contributed by atoms with Crippen molar-refractivity contribution in [3.8, 4) is 0 Å². The number of benzene rings is 1. The largest absolute Gasteiger partial charge is 0.465 e. The van der Waals surface area contributed by atoms with Crippen molar-refractivity contribution in [2.45, 2.75) is 13.8 Å². The van der Waals surface area contributed by atoms with E-state index in [4.69, 9.17) is 10.5 Å². The number of rotatable bonds is 3. The van der Waals surface area contributed by atoms with E-state index in [-0.39, 0.29) is 0 Å². The molecule has 1 aromatic heterocycles. The molecule has 0 atom stereocenters. The van der Waals surface area contributed by atoms with Gasteiger partial charge in [0.05, 0.1) is 24.1 Å². The Kier molecular flexibility index (Phi) is 3.65. The van der Waals surface area contributed by atoms with E-state index >= 15 is 0 Å². The fraction of sp³-hybridized carbons (Fsp3) is 0.286. The van der Waals surface area contributed by atoms with Crippen LogP contribution in [0.15, 0.2) is 18.3 Å². The van der Waals surface area contributed by atoms with E-state index in [9.17, 15) is 4.79 Å². The van der Waals surface area contributed by atoms with Gasteiger partial charge in [0, 0.05) is 24.6 Å². The normalized spacial score (nSPS) is 10.4. The van der Waals surface area contributed by atoms with E-state index in [1.165, 1.54) is 7.11 Å². The van der Waals surface area contributed by atoms with Crippen molar-refractivity contribution in [2.24, 2.45) is 7.05 Å². The highest BCUT2D eigenvalue weighted by Crippen LogP contribution is 2.26. The second kappa shape index (κ2) is 5.24. The van der Waals surface area contributed by atoms with Crippen LogP contribution in [0.3, 0.4) is 0 Å². The second-order valence-electron chi connectivity index (χ2n) is 4.67. The van der Waals surface area contributed by atoms with E-state index in [0.29, 0.717) is 11.3 Å². The number of nitrogen functional groups attached to an aromatic ring is 1. The van der Waals surface area contributed by atoms with Gasteiger partial charge in [-0.25, -0.2) is 4.79 Å². The van der Waals surface area contributed by atoms with Gasteiger partial charge in [-0.3, -0.25) is 4.68 Å². The first kappa shape index (κ1) is 13.9. The van der Waals surface area contributed by atoms with Crippen LogP contribution in [0.5, 0.6) is 0 Å². The van der Waals surface area contributed by atoms with Gasteiger partial charge in [0.15, 0.2) is 0 Å². The number of aryl methyl sites for hydroxylation is 3. The molecule has 0 bridgehead atoms. The number of nitrogens with one attached hydrogen (secondary N) is 1. The maximum atomic E-state index is 11.7. The fourth-order valence-electron chi connectivity index (χ4n) is 2.03. The highest BCUT2D eigenvalue weighted by atomic mass is 16.5. The van der Waals surface area contributed by atoms with Gasteiger partial charge in [0.25, 0.3) is 0 Å². The summed E-state index contributed by atoms with van der Waals surface area (Å²) in [6.07, 6.45) is 1.87. The Bertz CT molecular complexity index is 661. The standard InChI is InChI=1S/C14H18N4O2/c1-8-5-10(6-11(13(8)15)14(19)20-4)16-12-7-18(3)17-9(12)2/h5-7,16H,15H2,1-4H3. The molecule has 0 amide bonds. The number of methoxy groups -OCH3 is 1. The molecular formula is C14H18N4O2. The van der Waals surface area contributed by atoms with Gasteiger partial charge in [-0.05, 0) is 31.5 Å². The van der Waals surface area contributed by atoms with Gasteiger partial charge in [0.2, 0.25) is 0 Å². The Morgan fingerprint density at radius 1 is 1.40 bits per heavy atom. The Morgan fingerprint density at radius 2 is 2.10 bits per heavy atom. The lowest BCUT2D eigenvalue weighted by Crippen LogP contribution is -2.08. The maximum Gasteiger partial charge on any atom is 0.340 e. The molecule has 0 unspecified atom stereocenters. The molecule has 0 spiro atoms. The molecule has 2 aromatic rings. The zero-order valence-corrected chi connectivity index (χ0v) is 12.0. The van der Waals surface area contributed by atoms with Crippen molar-refractivity contribution < 1.29 is 9.53 Å². The van der Waals surface area contributed by atoms with Crippen molar-refractivity contribution in [1.29, 1.82) is 0 Å². The second-order valence-corrected chi connectivity index (χ2v) is 4.67. The lowest BCUT2D eigenvalue weighted by Gasteiger charge is -2.11. The monoisotopic (exact) mass is 274 g/mol. The topological polar surface area (TPSA) is 82.2 Å². The van der Waals surface area contributed by atoms with Crippen molar-refractivity contribution in [2.75, 3.05) is 18.2 Å². The van der Waals surface area contributed by atoms with Gasteiger partial charge in [0.1, 0.15) is 0 Å². The number of esters is 1. The van der Waals surface area contributed by atoms with Crippen LogP contribution in [-0.4, -0.2) is 22.9 Å². The summed E-state index contributed by atoms with van der Waals surface area (Å²) >= 11 is 0. The number of hydrogen-bond donors (Lipinski definition) is 2. The number of nitrogens with zero attached hydrogens (tertiary/aromatic N) is 2. The van der Waals surface area contributed by atoms with Gasteiger partial charge >= 0.3 is 5.97 Å². The SMILES string of the molecule is COC(=O)c1cc(Nc2cn(C)nc2C)cc(C)c1N. The summed E-state index contributed by atoms with van der Waals surface area (Å²) in [6.45, 7) is 3.76. The predicted octanol–water partition coefficient (Wildman–Crippen LogP) is 2.15. The molecule has 0 aliphatic carbocycles. The van der Waals surface area contributed by atoms with E-state index in [0.717, 1.165) is 22.6 Å². The summed E-state index contributed by atoms with van der Waals surface area (Å²) in [6, 6.07) is 3.56. The number of carbonyl (C=O) groups excluding carboxylic acids is 1. The molecule has 0 saturated heterocycles. The lowest BCUT2D eigenvalue weighted by molar-refractivity contribution is 0.0602. The number of ether oxygens (including phenoxy) is 1. The molecule has 3 N–H and O–H groups in total. The number of carbonyl (C=O) groups is 1. The maximum absolute atomic E-state index is 11.7. The highest BCUT2D eigenvalue weighted by Gasteiger charge is 2.14. The van der Waals surface area contributed by atoms with Crippen molar-refractivity contribution >= 4 is 23.0 Å². The minimum Gasteiger partial charge on any atom is -0.465 e. The summed E-state index contributed by atoms with van der Waals surface area (Å²) in [5, 5.41) is 7.49. The Hall–Kier alpha value is -2.50. The molecule has 2 rings (SSSR count). The van der Waals surface area contributed by atoms with Crippen LogP contribution in [-0.2, 0) is 11.8 Å². The number of hydrogen-bond acceptors (Lipinski definition) is 5. The molecule has 6 heteroatoms. The first-order valence-electron chi connectivity index (χ1n) is 6.18. The smallest absolute Gasteiger partial charge is 0.340 e. The van der Waals surface area contributed by atoms with Crippen LogP contribution in [0.2, 0.25) is 0 Å². The van der Waals surface area contributed by atoms with Crippen LogP contribution in [0.1, 0.15) is 21.6 Å². The fourth-order valence-corrected chi connectivity index (χ4v) is 2.03. The summed E-state index contributed by atoms with van der Waals surface area (Å²) in [5.74, 6) is -0.447. The molecule has 0 aliphatic heterocycles. The average molecular weight is 274 g/mol. The Morgan fingerprint density at radius 3 is 2.65 bits per heavy atom. The minimum absolute atomic E-state index is 0.358. The number of anilines is 3. The third-order valence-electron chi connectivity index (χ3n) is 3.08. The Balaban J connectivity index is 2.40. The molecule has 0 saturated carbocycles. The molecular weight excluding hydrogens is 256 g/mol. The Labute approximate surface area is 117 Å². The summed E-state index contributed by atoms with van der Waals surface area (Å²) < 4.78 is 6.47. The lowest BCUT2D eigenvalue weighted by atomic mass is 10.1. The first-order valence-corrected chi connectivity index (χ1v) is 6.18. The summed E-state index contributed by atoms with van der Waals surface area (Å²) in [4.78, 5) is 11.7. The van der Waals surface area contributed by atoms with Crippen LogP contribution in [0.25, 0.3) is 0 Å². The molecule has 0 aliphatic rings. The van der Waals surface area contributed by atoms with Crippen molar-refractivity contribution in [3.05, 3.63) is 35.2 Å². The molecule has 1 heterocycles. The number of nitrogens with two attached hydrogens (primary N) is 1. The molecule has 20 heavy (non-hydrogen) atoms. The molecule has 1 aromatic carbocycles. The third-order valence-corrected chi connectivity index (χ3v) is 3.08. The summed E-state index contributed by atoms with van der Waals surface area (Å²) in [7, 11) is 3.19. The summed E-state index contributed by atoms with van der Waals surface area (Å²) in [5.41, 5.74) is 10.1. The van der Waals surface area contributed by atoms with E-state index in [1.807, 2.05) is 33.2 Å². The van der Waals surface area contributed by atoms with E-state index in [1.54, 1.807) is 10.7 Å². The quantitative estimate of drug-likeness (QED) is 0.662. The van der Waals surface area contributed by atoms with E-state index in [2.05, 4.69) is 10.4 Å². The zero-order chi connectivity index (χ0) is 14.9. The van der Waals surface area contributed by atoms with Gasteiger partial charge in [-0.15, -0.1) is 0 Å². The first-order chi connectivity index (χ1) is 9.42. The van der Waals surface area contributed by atoms with Gasteiger partial charge < -0.3 is 15.8 Å².